The van der Waals surface area contributed by atoms with Gasteiger partial charge in [-0.1, -0.05) is 17.7 Å². The minimum atomic E-state index is -0.863. The molecular formula is C14H17FN2O. The van der Waals surface area contributed by atoms with E-state index in [1.807, 2.05) is 24.6 Å². The van der Waals surface area contributed by atoms with Gasteiger partial charge in [0, 0.05) is 30.9 Å². The van der Waals surface area contributed by atoms with E-state index >= 15 is 0 Å². The van der Waals surface area contributed by atoms with Crippen LogP contribution in [0.1, 0.15) is 30.0 Å². The van der Waals surface area contributed by atoms with Gasteiger partial charge in [0.2, 0.25) is 0 Å². The van der Waals surface area contributed by atoms with Crippen LogP contribution in [0.5, 0.6) is 0 Å². The van der Waals surface area contributed by atoms with E-state index in [1.54, 1.807) is 18.3 Å². The molecule has 0 aliphatic carbocycles. The predicted octanol–water partition coefficient (Wildman–Crippen LogP) is 2.63. The van der Waals surface area contributed by atoms with E-state index in [4.69, 9.17) is 0 Å². The number of aliphatic hydroxyl groups excluding tert-OH is 1. The van der Waals surface area contributed by atoms with Crippen LogP contribution in [0.4, 0.5) is 4.39 Å². The first-order valence-corrected chi connectivity index (χ1v) is 6.06. The number of halogens is 1. The molecule has 0 radical (unpaired) electrons. The van der Waals surface area contributed by atoms with Crippen molar-refractivity contribution in [3.63, 3.8) is 0 Å². The number of aliphatic hydroxyl groups is 1. The highest BCUT2D eigenvalue weighted by atomic mass is 19.1. The lowest BCUT2D eigenvalue weighted by atomic mass is 10.0. The van der Waals surface area contributed by atoms with E-state index in [2.05, 4.69) is 4.98 Å². The molecule has 0 spiro atoms. The zero-order valence-electron chi connectivity index (χ0n) is 10.6. The van der Waals surface area contributed by atoms with E-state index in [9.17, 15) is 9.50 Å². The third-order valence-electron chi connectivity index (χ3n) is 3.03. The number of rotatable bonds is 4. The van der Waals surface area contributed by atoms with Gasteiger partial charge >= 0.3 is 0 Å². The Kier molecular flexibility index (Phi) is 3.77. The summed E-state index contributed by atoms with van der Waals surface area (Å²) < 4.78 is 15.6. The van der Waals surface area contributed by atoms with E-state index in [0.717, 1.165) is 17.9 Å². The minimum Gasteiger partial charge on any atom is -0.388 e. The molecule has 1 atom stereocenters. The highest BCUT2D eigenvalue weighted by molar-refractivity contribution is 5.26. The van der Waals surface area contributed by atoms with Crippen LogP contribution in [0.3, 0.4) is 0 Å². The first-order chi connectivity index (χ1) is 8.61. The Balaban J connectivity index is 2.21. The molecular weight excluding hydrogens is 231 g/mol. The molecule has 96 valence electrons. The van der Waals surface area contributed by atoms with E-state index < -0.39 is 6.10 Å². The molecule has 18 heavy (non-hydrogen) atoms. The fraction of sp³-hybridized carbons (Fsp3) is 0.357. The van der Waals surface area contributed by atoms with Gasteiger partial charge in [-0.2, -0.15) is 0 Å². The van der Waals surface area contributed by atoms with Crippen LogP contribution in [0.15, 0.2) is 30.6 Å². The molecule has 2 aromatic rings. The highest BCUT2D eigenvalue weighted by Gasteiger charge is 2.16. The molecule has 0 aliphatic heterocycles. The van der Waals surface area contributed by atoms with E-state index in [0.29, 0.717) is 12.0 Å². The first-order valence-electron chi connectivity index (χ1n) is 6.06. The van der Waals surface area contributed by atoms with Crippen molar-refractivity contribution in [2.24, 2.45) is 0 Å². The van der Waals surface area contributed by atoms with Crippen LogP contribution in [-0.4, -0.2) is 14.7 Å². The van der Waals surface area contributed by atoms with Crippen LogP contribution in [-0.2, 0) is 13.0 Å². The van der Waals surface area contributed by atoms with Crippen LogP contribution >= 0.6 is 0 Å². The van der Waals surface area contributed by atoms with Crippen molar-refractivity contribution < 1.29 is 9.50 Å². The highest BCUT2D eigenvalue weighted by Crippen LogP contribution is 2.21. The summed E-state index contributed by atoms with van der Waals surface area (Å²) in [6.45, 7) is 4.67. The number of aromatic nitrogens is 2. The molecule has 4 heteroatoms. The summed E-state index contributed by atoms with van der Waals surface area (Å²) >= 11 is 0. The van der Waals surface area contributed by atoms with E-state index in [-0.39, 0.29) is 5.82 Å². The van der Waals surface area contributed by atoms with E-state index in [1.165, 1.54) is 6.07 Å². The molecule has 0 bridgehead atoms. The smallest absolute Gasteiger partial charge is 0.129 e. The molecule has 1 heterocycles. The Morgan fingerprint density at radius 3 is 2.94 bits per heavy atom. The summed E-state index contributed by atoms with van der Waals surface area (Å²) in [5, 5.41) is 10.1. The second-order valence-electron chi connectivity index (χ2n) is 4.37. The average Bonchev–Trinajstić information content (AvgIpc) is 2.79. The average molecular weight is 248 g/mol. The summed E-state index contributed by atoms with van der Waals surface area (Å²) in [4.78, 5) is 4.19. The minimum absolute atomic E-state index is 0.321. The number of aryl methyl sites for hydroxylation is 2. The Hall–Kier alpha value is -1.68. The molecule has 1 N–H and O–H groups in total. The number of imidazole rings is 1. The monoisotopic (exact) mass is 248 g/mol. The normalized spacial score (nSPS) is 12.7. The van der Waals surface area contributed by atoms with Crippen molar-refractivity contribution in [2.45, 2.75) is 32.9 Å². The van der Waals surface area contributed by atoms with Crippen molar-refractivity contribution >= 4 is 0 Å². The van der Waals surface area contributed by atoms with Crippen LogP contribution in [0, 0.1) is 12.7 Å². The Morgan fingerprint density at radius 1 is 1.44 bits per heavy atom. The lowest BCUT2D eigenvalue weighted by Crippen LogP contribution is -2.09. The molecule has 0 amide bonds. The van der Waals surface area contributed by atoms with Gasteiger partial charge in [0.15, 0.2) is 0 Å². The van der Waals surface area contributed by atoms with Gasteiger partial charge < -0.3 is 9.67 Å². The Labute approximate surface area is 106 Å². The maximum absolute atomic E-state index is 13.6. The van der Waals surface area contributed by atoms with Gasteiger partial charge in [0.05, 0.1) is 6.10 Å². The predicted molar refractivity (Wildman–Crippen MR) is 67.7 cm³/mol. The van der Waals surface area contributed by atoms with Gasteiger partial charge in [-0.15, -0.1) is 0 Å². The lowest BCUT2D eigenvalue weighted by Gasteiger charge is -2.13. The number of hydrogen-bond acceptors (Lipinski definition) is 2. The maximum Gasteiger partial charge on any atom is 0.129 e. The summed E-state index contributed by atoms with van der Waals surface area (Å²) in [6.07, 6.45) is 3.01. The van der Waals surface area contributed by atoms with Gasteiger partial charge in [-0.3, -0.25) is 0 Å². The maximum atomic E-state index is 13.6. The Morgan fingerprint density at radius 2 is 2.22 bits per heavy atom. The van der Waals surface area contributed by atoms with Crippen molar-refractivity contribution in [2.75, 3.05) is 0 Å². The quantitative estimate of drug-likeness (QED) is 0.903. The van der Waals surface area contributed by atoms with Gasteiger partial charge in [-0.25, -0.2) is 9.37 Å². The van der Waals surface area contributed by atoms with Crippen molar-refractivity contribution in [3.05, 3.63) is 53.4 Å². The first kappa shape index (κ1) is 12.8. The van der Waals surface area contributed by atoms with Crippen LogP contribution < -0.4 is 0 Å². The number of hydrogen-bond donors (Lipinski definition) is 1. The summed E-state index contributed by atoms with van der Waals surface area (Å²) in [6, 6.07) is 4.76. The van der Waals surface area contributed by atoms with Crippen molar-refractivity contribution in [1.29, 1.82) is 0 Å². The molecule has 3 nitrogen and oxygen atoms in total. The van der Waals surface area contributed by atoms with Crippen molar-refractivity contribution in [3.8, 4) is 0 Å². The molecule has 0 saturated heterocycles. The van der Waals surface area contributed by atoms with Gasteiger partial charge in [0.1, 0.15) is 11.6 Å². The third kappa shape index (κ3) is 2.59. The largest absolute Gasteiger partial charge is 0.388 e. The Bertz CT molecular complexity index is 536. The summed E-state index contributed by atoms with van der Waals surface area (Å²) in [5.41, 5.74) is 1.27. The fourth-order valence-corrected chi connectivity index (χ4v) is 2.02. The molecule has 0 aliphatic rings. The van der Waals surface area contributed by atoms with Gasteiger partial charge in [-0.05, 0) is 19.9 Å². The standard InChI is InChI=1S/C14H17FN2O/c1-3-17-7-6-16-14(17)9-13(18)11-8-10(2)4-5-12(11)15/h4-8,13,18H,3,9H2,1-2H3. The zero-order valence-corrected chi connectivity index (χ0v) is 10.6. The summed E-state index contributed by atoms with van der Waals surface area (Å²) in [5.74, 6) is 0.397. The topological polar surface area (TPSA) is 38.0 Å². The lowest BCUT2D eigenvalue weighted by molar-refractivity contribution is 0.169. The number of nitrogens with zero attached hydrogens (tertiary/aromatic N) is 2. The molecule has 1 aromatic heterocycles. The fourth-order valence-electron chi connectivity index (χ4n) is 2.02. The number of benzene rings is 1. The molecule has 1 unspecified atom stereocenters. The third-order valence-corrected chi connectivity index (χ3v) is 3.03. The zero-order chi connectivity index (χ0) is 13.1. The molecule has 2 rings (SSSR count). The van der Waals surface area contributed by atoms with Crippen molar-refractivity contribution in [1.82, 2.24) is 9.55 Å². The van der Waals surface area contributed by atoms with Crippen LogP contribution in [0.25, 0.3) is 0 Å². The second-order valence-corrected chi connectivity index (χ2v) is 4.37. The molecule has 0 fully saturated rings. The van der Waals surface area contributed by atoms with Crippen LogP contribution in [0.2, 0.25) is 0 Å². The molecule has 1 aromatic carbocycles. The second kappa shape index (κ2) is 5.31. The summed E-state index contributed by atoms with van der Waals surface area (Å²) in [7, 11) is 0. The van der Waals surface area contributed by atoms with Gasteiger partial charge in [0.25, 0.3) is 0 Å². The molecule has 0 saturated carbocycles. The SMILES string of the molecule is CCn1ccnc1CC(O)c1cc(C)ccc1F.